The summed E-state index contributed by atoms with van der Waals surface area (Å²) in [5, 5.41) is 22.4. The molecule has 0 aromatic rings. The predicted octanol–water partition coefficient (Wildman–Crippen LogP) is 4.57. The van der Waals surface area contributed by atoms with E-state index in [4.69, 9.17) is 4.74 Å². The van der Waals surface area contributed by atoms with Crippen molar-refractivity contribution in [2.24, 2.45) is 46.3 Å². The van der Waals surface area contributed by atoms with E-state index in [9.17, 15) is 15.0 Å². The molecule has 0 aromatic carbocycles. The lowest BCUT2D eigenvalue weighted by atomic mass is 9.43. The topological polar surface area (TPSA) is 66.8 Å². The van der Waals surface area contributed by atoms with Crippen molar-refractivity contribution >= 4 is 5.97 Å². The van der Waals surface area contributed by atoms with Crippen LogP contribution in [-0.4, -0.2) is 35.5 Å². The van der Waals surface area contributed by atoms with Crippen LogP contribution < -0.4 is 0 Å². The van der Waals surface area contributed by atoms with E-state index in [1.165, 1.54) is 45.6 Å². The van der Waals surface area contributed by atoms with Gasteiger partial charge in [0.1, 0.15) is 0 Å². The van der Waals surface area contributed by atoms with Gasteiger partial charge < -0.3 is 14.9 Å². The maximum atomic E-state index is 11.6. The fraction of sp³-hybridized carbons (Fsp3) is 0.960. The van der Waals surface area contributed by atoms with Crippen LogP contribution in [0.2, 0.25) is 0 Å². The third-order valence-corrected chi connectivity index (χ3v) is 10.5. The number of carbonyl (C=O) groups is 1. The largest absolute Gasteiger partial charge is 0.469 e. The molecular weight excluding hydrogens is 364 g/mol. The van der Waals surface area contributed by atoms with Crippen molar-refractivity contribution in [1.29, 1.82) is 0 Å². The second-order valence-electron chi connectivity index (χ2n) is 11.5. The Kier molecular flexibility index (Phi) is 5.83. The summed E-state index contributed by atoms with van der Waals surface area (Å²) in [6.07, 6.45) is 9.80. The van der Waals surface area contributed by atoms with E-state index in [1.54, 1.807) is 0 Å². The van der Waals surface area contributed by atoms with Crippen LogP contribution in [0.4, 0.5) is 0 Å². The summed E-state index contributed by atoms with van der Waals surface area (Å²) in [6.45, 7) is 7.18. The average molecular weight is 407 g/mol. The fourth-order valence-corrected chi connectivity index (χ4v) is 8.94. The average Bonchev–Trinajstić information content (AvgIpc) is 3.06. The van der Waals surface area contributed by atoms with Crippen molar-refractivity contribution in [3.8, 4) is 0 Å². The van der Waals surface area contributed by atoms with Gasteiger partial charge in [-0.05, 0) is 91.3 Å². The van der Waals surface area contributed by atoms with Gasteiger partial charge in [-0.15, -0.1) is 0 Å². The summed E-state index contributed by atoms with van der Waals surface area (Å²) in [5.41, 5.74) is 0.409. The van der Waals surface area contributed by atoms with Gasteiger partial charge in [0.25, 0.3) is 0 Å². The molecule has 4 fully saturated rings. The van der Waals surface area contributed by atoms with Crippen molar-refractivity contribution in [1.82, 2.24) is 0 Å². The second-order valence-corrected chi connectivity index (χ2v) is 11.5. The fourth-order valence-electron chi connectivity index (χ4n) is 8.94. The predicted molar refractivity (Wildman–Crippen MR) is 113 cm³/mol. The van der Waals surface area contributed by atoms with Gasteiger partial charge >= 0.3 is 5.97 Å². The number of ether oxygens (including phenoxy) is 1. The van der Waals surface area contributed by atoms with Gasteiger partial charge in [-0.25, -0.2) is 0 Å². The summed E-state index contributed by atoms with van der Waals surface area (Å²) in [5.74, 6) is 2.53. The van der Waals surface area contributed by atoms with E-state index in [0.717, 1.165) is 19.3 Å². The minimum absolute atomic E-state index is 0.109. The molecule has 4 heteroatoms. The third-order valence-electron chi connectivity index (χ3n) is 10.5. The Balaban J connectivity index is 1.56. The van der Waals surface area contributed by atoms with Crippen LogP contribution in [0.15, 0.2) is 0 Å². The van der Waals surface area contributed by atoms with Gasteiger partial charge in [0, 0.05) is 6.42 Å². The maximum absolute atomic E-state index is 11.6. The Morgan fingerprint density at radius 2 is 1.69 bits per heavy atom. The molecule has 4 aliphatic rings. The van der Waals surface area contributed by atoms with E-state index in [-0.39, 0.29) is 28.6 Å². The van der Waals surface area contributed by atoms with Crippen LogP contribution in [0, 0.1) is 46.3 Å². The van der Waals surface area contributed by atoms with Crippen molar-refractivity contribution in [3.63, 3.8) is 0 Å². The Bertz CT molecular complexity index is 620. The molecule has 2 N–H and O–H groups in total. The normalized spacial score (nSPS) is 50.2. The van der Waals surface area contributed by atoms with Gasteiger partial charge in [-0.2, -0.15) is 0 Å². The zero-order valence-electron chi connectivity index (χ0n) is 18.9. The minimum Gasteiger partial charge on any atom is -0.469 e. The van der Waals surface area contributed by atoms with Crippen LogP contribution in [0.1, 0.15) is 85.0 Å². The van der Waals surface area contributed by atoms with Gasteiger partial charge in [0.15, 0.2) is 0 Å². The Hall–Kier alpha value is -0.610. The molecule has 0 amide bonds. The van der Waals surface area contributed by atoms with E-state index in [1.807, 2.05) is 0 Å². The molecule has 4 rings (SSSR count). The molecule has 0 spiro atoms. The van der Waals surface area contributed by atoms with E-state index >= 15 is 0 Å². The SMILES string of the molecule is COC(=O)CC[C@H](C)[C@H]1CCC2C3C(CC[C@@]21C)[C@@]1(C)CCCC[C@H]1[C@@H](O)[C@H]3O. The summed E-state index contributed by atoms with van der Waals surface area (Å²) in [4.78, 5) is 11.6. The number of hydrogen-bond acceptors (Lipinski definition) is 4. The lowest BCUT2D eigenvalue weighted by Crippen LogP contribution is -2.63. The molecule has 0 saturated heterocycles. The molecule has 0 aliphatic heterocycles. The van der Waals surface area contributed by atoms with Gasteiger partial charge in [-0.1, -0.05) is 33.6 Å². The number of aliphatic hydroxyl groups is 2. The van der Waals surface area contributed by atoms with Crippen LogP contribution in [0.5, 0.6) is 0 Å². The Labute approximate surface area is 176 Å². The molecule has 0 radical (unpaired) electrons. The molecule has 0 aromatic heterocycles. The maximum Gasteiger partial charge on any atom is 0.305 e. The van der Waals surface area contributed by atoms with Crippen LogP contribution >= 0.6 is 0 Å². The standard InChI is InChI=1S/C25H42O4/c1-15(8-11-20(26)29-4)16-9-10-17-21-18(12-14-25(16,17)3)24(2)13-6-5-7-19(24)22(27)23(21)28/h15-19,21-23,27-28H,5-14H2,1-4H3/t15-,16+,17?,18?,19-,21?,22+,23-,24+,25+/m0/s1. The highest BCUT2D eigenvalue weighted by atomic mass is 16.5. The molecule has 0 heterocycles. The summed E-state index contributed by atoms with van der Waals surface area (Å²) in [7, 11) is 1.47. The van der Waals surface area contributed by atoms with Gasteiger partial charge in [-0.3, -0.25) is 4.79 Å². The van der Waals surface area contributed by atoms with Crippen molar-refractivity contribution < 1.29 is 19.7 Å². The smallest absolute Gasteiger partial charge is 0.305 e. The molecular formula is C25H42O4. The Morgan fingerprint density at radius 3 is 2.41 bits per heavy atom. The lowest BCUT2D eigenvalue weighted by Gasteiger charge is -2.63. The molecule has 166 valence electrons. The molecule has 10 atom stereocenters. The highest BCUT2D eigenvalue weighted by Gasteiger charge is 2.64. The van der Waals surface area contributed by atoms with E-state index in [2.05, 4.69) is 20.8 Å². The monoisotopic (exact) mass is 406 g/mol. The number of hydrogen-bond donors (Lipinski definition) is 2. The van der Waals surface area contributed by atoms with Gasteiger partial charge in [0.05, 0.1) is 19.3 Å². The molecule has 4 saturated carbocycles. The zero-order valence-corrected chi connectivity index (χ0v) is 18.9. The number of carbonyl (C=O) groups excluding carboxylic acids is 1. The first kappa shape index (κ1) is 21.6. The van der Waals surface area contributed by atoms with Crippen molar-refractivity contribution in [2.75, 3.05) is 7.11 Å². The first-order valence-electron chi connectivity index (χ1n) is 12.2. The number of esters is 1. The first-order valence-corrected chi connectivity index (χ1v) is 12.2. The zero-order chi connectivity index (χ0) is 21.0. The van der Waals surface area contributed by atoms with Crippen LogP contribution in [-0.2, 0) is 9.53 Å². The summed E-state index contributed by atoms with van der Waals surface area (Å²) in [6, 6.07) is 0. The van der Waals surface area contributed by atoms with Crippen molar-refractivity contribution in [2.45, 2.75) is 97.2 Å². The quantitative estimate of drug-likeness (QED) is 0.671. The summed E-state index contributed by atoms with van der Waals surface area (Å²) < 4.78 is 4.85. The highest BCUT2D eigenvalue weighted by molar-refractivity contribution is 5.69. The van der Waals surface area contributed by atoms with Crippen LogP contribution in [0.25, 0.3) is 0 Å². The van der Waals surface area contributed by atoms with E-state index in [0.29, 0.717) is 30.1 Å². The second kappa shape index (κ2) is 7.82. The van der Waals surface area contributed by atoms with Gasteiger partial charge in [0.2, 0.25) is 0 Å². The first-order chi connectivity index (χ1) is 13.7. The molecule has 4 aliphatic carbocycles. The van der Waals surface area contributed by atoms with Crippen LogP contribution in [0.3, 0.4) is 0 Å². The molecule has 0 bridgehead atoms. The summed E-state index contributed by atoms with van der Waals surface area (Å²) >= 11 is 0. The molecule has 4 nitrogen and oxygen atoms in total. The van der Waals surface area contributed by atoms with E-state index < -0.39 is 12.2 Å². The number of aliphatic hydroxyl groups excluding tert-OH is 2. The lowest BCUT2D eigenvalue weighted by molar-refractivity contribution is -0.215. The highest BCUT2D eigenvalue weighted by Crippen LogP contribution is 2.68. The minimum atomic E-state index is -0.565. The Morgan fingerprint density at radius 1 is 0.966 bits per heavy atom. The molecule has 29 heavy (non-hydrogen) atoms. The number of methoxy groups -OCH3 is 1. The number of rotatable bonds is 4. The third kappa shape index (κ3) is 3.28. The molecule has 3 unspecified atom stereocenters. The van der Waals surface area contributed by atoms with Crippen molar-refractivity contribution in [3.05, 3.63) is 0 Å². The number of fused-ring (bicyclic) bond motifs is 5.